The molecule has 0 amide bonds. The fourth-order valence-electron chi connectivity index (χ4n) is 0.645. The third-order valence-electron chi connectivity index (χ3n) is 1.22. The van der Waals surface area contributed by atoms with Gasteiger partial charge in [0.15, 0.2) is 0 Å². The Kier molecular flexibility index (Phi) is 9.79. The highest BCUT2D eigenvalue weighted by atomic mass is 31.0. The summed E-state index contributed by atoms with van der Waals surface area (Å²) in [5.74, 6) is 0. The number of hydrogen-bond donors (Lipinski definition) is 3. The predicted molar refractivity (Wildman–Crippen MR) is 66.9 cm³/mol. The number of hydrogen-bond acceptors (Lipinski definition) is 3. The quantitative estimate of drug-likeness (QED) is 0.516. The molecule has 0 aliphatic rings. The van der Waals surface area contributed by atoms with Crippen LogP contribution in [0.15, 0.2) is 56.2 Å². The Labute approximate surface area is 96.6 Å². The van der Waals surface area contributed by atoms with Gasteiger partial charge in [0.25, 0.3) is 0 Å². The number of nitrogens with one attached hydrogen (secondary N) is 3. The van der Waals surface area contributed by atoms with E-state index in [-0.39, 0.29) is 9.90 Å². The van der Waals surface area contributed by atoms with Gasteiger partial charge in [0.1, 0.15) is 0 Å². The summed E-state index contributed by atoms with van der Waals surface area (Å²) in [6.45, 7) is 0. The molecule has 3 aromatic rings. The molecule has 0 aromatic carbocycles. The molecule has 0 fully saturated rings. The number of aromatic nitrogens is 6. The van der Waals surface area contributed by atoms with E-state index in [0.717, 1.165) is 0 Å². The standard InChI is InChI=1S/3C3H4N2.H3P/c3*1-2-5-3-4-1;/h3*1-3H,(H,4,5);1H3. The molecular formula is C9H15N6P. The number of aromatic amines is 3. The van der Waals surface area contributed by atoms with Gasteiger partial charge in [-0.3, -0.25) is 0 Å². The van der Waals surface area contributed by atoms with Gasteiger partial charge in [0.05, 0.1) is 19.0 Å². The van der Waals surface area contributed by atoms with Crippen molar-refractivity contribution < 1.29 is 0 Å². The summed E-state index contributed by atoms with van der Waals surface area (Å²) < 4.78 is 0. The summed E-state index contributed by atoms with van der Waals surface area (Å²) in [5.41, 5.74) is 0. The number of H-pyrrole nitrogens is 3. The zero-order valence-corrected chi connectivity index (χ0v) is 10.2. The molecule has 1 atom stereocenters. The van der Waals surface area contributed by atoms with Crippen LogP contribution in [0.4, 0.5) is 0 Å². The smallest absolute Gasteiger partial charge is 0.0919 e. The van der Waals surface area contributed by atoms with Crippen LogP contribution in [-0.4, -0.2) is 29.9 Å². The highest BCUT2D eigenvalue weighted by Gasteiger charge is 1.57. The van der Waals surface area contributed by atoms with Gasteiger partial charge in [-0.05, 0) is 0 Å². The molecule has 3 rings (SSSR count). The second-order valence-corrected chi connectivity index (χ2v) is 2.28. The summed E-state index contributed by atoms with van der Waals surface area (Å²) in [5, 5.41) is 0. The molecule has 6 nitrogen and oxygen atoms in total. The summed E-state index contributed by atoms with van der Waals surface area (Å²) in [7, 11) is 0. The summed E-state index contributed by atoms with van der Waals surface area (Å²) in [6, 6.07) is 0. The lowest BCUT2D eigenvalue weighted by molar-refractivity contribution is 1.31. The van der Waals surface area contributed by atoms with E-state index in [9.17, 15) is 0 Å². The van der Waals surface area contributed by atoms with Gasteiger partial charge < -0.3 is 15.0 Å². The minimum Gasteiger partial charge on any atom is -0.351 e. The van der Waals surface area contributed by atoms with E-state index >= 15 is 0 Å². The van der Waals surface area contributed by atoms with Crippen LogP contribution in [0.3, 0.4) is 0 Å². The van der Waals surface area contributed by atoms with Gasteiger partial charge in [-0.1, -0.05) is 0 Å². The van der Waals surface area contributed by atoms with Crippen molar-refractivity contribution in [1.29, 1.82) is 0 Å². The van der Waals surface area contributed by atoms with Gasteiger partial charge in [-0.15, -0.1) is 0 Å². The van der Waals surface area contributed by atoms with E-state index in [1.54, 1.807) is 56.2 Å². The Morgan fingerprint density at radius 1 is 0.562 bits per heavy atom. The minimum absolute atomic E-state index is 0. The highest BCUT2D eigenvalue weighted by molar-refractivity contribution is 6.92. The molecule has 16 heavy (non-hydrogen) atoms. The lowest BCUT2D eigenvalue weighted by atomic mass is 11.0. The van der Waals surface area contributed by atoms with Crippen molar-refractivity contribution in [3.8, 4) is 0 Å². The van der Waals surface area contributed by atoms with Crippen LogP contribution in [0.1, 0.15) is 0 Å². The van der Waals surface area contributed by atoms with Gasteiger partial charge in [-0.25, -0.2) is 15.0 Å². The first-order chi connectivity index (χ1) is 7.50. The second-order valence-electron chi connectivity index (χ2n) is 2.28. The van der Waals surface area contributed by atoms with Crippen LogP contribution in [-0.2, 0) is 0 Å². The third kappa shape index (κ3) is 8.65. The molecular weight excluding hydrogens is 223 g/mol. The molecule has 0 saturated heterocycles. The van der Waals surface area contributed by atoms with Crippen LogP contribution in [0.5, 0.6) is 0 Å². The molecule has 0 spiro atoms. The number of nitrogens with zero attached hydrogens (tertiary/aromatic N) is 3. The SMILES string of the molecule is P.c1c[nH]cn1.c1c[nH]cn1.c1c[nH]cn1. The highest BCUT2D eigenvalue weighted by Crippen LogP contribution is 1.63. The minimum atomic E-state index is 0. The van der Waals surface area contributed by atoms with Crippen molar-refractivity contribution >= 4 is 9.90 Å². The largest absolute Gasteiger partial charge is 0.351 e. The van der Waals surface area contributed by atoms with Gasteiger partial charge in [0, 0.05) is 37.2 Å². The Bertz CT molecular complexity index is 252. The summed E-state index contributed by atoms with van der Waals surface area (Å²) in [4.78, 5) is 19.2. The third-order valence-corrected chi connectivity index (χ3v) is 1.22. The van der Waals surface area contributed by atoms with Crippen molar-refractivity contribution in [1.82, 2.24) is 29.9 Å². The van der Waals surface area contributed by atoms with Crippen LogP contribution < -0.4 is 0 Å². The maximum atomic E-state index is 3.67. The maximum absolute atomic E-state index is 3.67. The van der Waals surface area contributed by atoms with E-state index in [4.69, 9.17) is 0 Å². The molecule has 3 aromatic heterocycles. The first-order valence-electron chi connectivity index (χ1n) is 4.28. The molecule has 0 aliphatic heterocycles. The van der Waals surface area contributed by atoms with Crippen LogP contribution in [0, 0.1) is 0 Å². The Morgan fingerprint density at radius 3 is 0.938 bits per heavy atom. The van der Waals surface area contributed by atoms with Crippen LogP contribution in [0.25, 0.3) is 0 Å². The lowest BCUT2D eigenvalue weighted by Gasteiger charge is -1.46. The zero-order valence-electron chi connectivity index (χ0n) is 8.74. The molecule has 0 saturated carbocycles. The summed E-state index contributed by atoms with van der Waals surface area (Å²) >= 11 is 0. The normalized spacial score (nSPS) is 7.50. The second kappa shape index (κ2) is 11.1. The van der Waals surface area contributed by atoms with Crippen molar-refractivity contribution in [2.24, 2.45) is 0 Å². The maximum Gasteiger partial charge on any atom is 0.0919 e. The molecule has 7 heteroatoms. The van der Waals surface area contributed by atoms with Gasteiger partial charge in [-0.2, -0.15) is 9.90 Å². The Balaban J connectivity index is 0.000000205. The summed E-state index contributed by atoms with van der Waals surface area (Å²) in [6.07, 6.45) is 15.2. The van der Waals surface area contributed by atoms with Crippen LogP contribution in [0.2, 0.25) is 0 Å². The monoisotopic (exact) mass is 238 g/mol. The van der Waals surface area contributed by atoms with Gasteiger partial charge in [0.2, 0.25) is 0 Å². The van der Waals surface area contributed by atoms with Crippen molar-refractivity contribution in [2.45, 2.75) is 0 Å². The van der Waals surface area contributed by atoms with E-state index in [0.29, 0.717) is 0 Å². The molecule has 0 radical (unpaired) electrons. The van der Waals surface area contributed by atoms with Crippen LogP contribution >= 0.6 is 9.90 Å². The molecule has 86 valence electrons. The van der Waals surface area contributed by atoms with Crippen molar-refractivity contribution in [3.05, 3.63) is 56.2 Å². The zero-order chi connectivity index (χ0) is 10.6. The van der Waals surface area contributed by atoms with E-state index in [1.165, 1.54) is 0 Å². The fraction of sp³-hybridized carbons (Fsp3) is 0. The van der Waals surface area contributed by atoms with Crippen molar-refractivity contribution in [2.75, 3.05) is 0 Å². The number of imidazole rings is 3. The average molecular weight is 238 g/mol. The molecule has 0 aliphatic carbocycles. The van der Waals surface area contributed by atoms with Gasteiger partial charge >= 0.3 is 0 Å². The predicted octanol–water partition coefficient (Wildman–Crippen LogP) is 1.29. The topological polar surface area (TPSA) is 86.0 Å². The molecule has 3 N–H and O–H groups in total. The van der Waals surface area contributed by atoms with Crippen molar-refractivity contribution in [3.63, 3.8) is 0 Å². The first kappa shape index (κ1) is 14.1. The van der Waals surface area contributed by atoms with E-state index in [1.807, 2.05) is 0 Å². The molecule has 1 unspecified atom stereocenters. The Hall–Kier alpha value is -1.94. The Morgan fingerprint density at radius 2 is 0.875 bits per heavy atom. The lowest BCUT2D eigenvalue weighted by Crippen LogP contribution is -1.44. The fourth-order valence-corrected chi connectivity index (χ4v) is 0.645. The number of rotatable bonds is 0. The first-order valence-corrected chi connectivity index (χ1v) is 4.28. The van der Waals surface area contributed by atoms with E-state index in [2.05, 4.69) is 29.9 Å². The van der Waals surface area contributed by atoms with E-state index < -0.39 is 0 Å². The molecule has 3 heterocycles. The average Bonchev–Trinajstić information content (AvgIpc) is 3.09. The molecule has 0 bridgehead atoms.